The molecule has 1 saturated heterocycles. The summed E-state index contributed by atoms with van der Waals surface area (Å²) in [7, 11) is 0. The van der Waals surface area contributed by atoms with Gasteiger partial charge in [0.25, 0.3) is 0 Å². The molecule has 0 spiro atoms. The molecule has 1 N–H and O–H groups in total. The van der Waals surface area contributed by atoms with Gasteiger partial charge in [-0.05, 0) is 24.5 Å². The molecule has 18 heavy (non-hydrogen) atoms. The van der Waals surface area contributed by atoms with Gasteiger partial charge in [-0.15, -0.1) is 0 Å². The Morgan fingerprint density at radius 3 is 3.06 bits per heavy atom. The van der Waals surface area contributed by atoms with Crippen molar-refractivity contribution in [2.45, 2.75) is 37.1 Å². The first-order valence-electron chi connectivity index (χ1n) is 6.60. The average Bonchev–Trinajstić information content (AvgIpc) is 3.05. The van der Waals surface area contributed by atoms with Gasteiger partial charge in [0.2, 0.25) is 0 Å². The quantitative estimate of drug-likeness (QED) is 0.779. The van der Waals surface area contributed by atoms with E-state index in [-0.39, 0.29) is 0 Å². The molecule has 1 aromatic rings. The number of hydrogen-bond donors (Lipinski definition) is 1. The van der Waals surface area contributed by atoms with Crippen LogP contribution in [-0.4, -0.2) is 40.9 Å². The van der Waals surface area contributed by atoms with Gasteiger partial charge in [-0.3, -0.25) is 0 Å². The molecule has 2 unspecified atom stereocenters. The molecular formula is C12H21N3OS2. The van der Waals surface area contributed by atoms with Crippen LogP contribution in [0, 0.1) is 5.92 Å². The van der Waals surface area contributed by atoms with Crippen LogP contribution in [0.2, 0.25) is 0 Å². The Hall–Kier alpha value is -0.170. The van der Waals surface area contributed by atoms with Crippen molar-refractivity contribution >= 4 is 23.3 Å². The van der Waals surface area contributed by atoms with E-state index in [0.29, 0.717) is 12.0 Å². The monoisotopic (exact) mass is 287 g/mol. The molecule has 0 amide bonds. The first kappa shape index (κ1) is 14.2. The summed E-state index contributed by atoms with van der Waals surface area (Å²) in [5.74, 6) is 2.67. The third-order valence-electron chi connectivity index (χ3n) is 3.15. The maximum absolute atomic E-state index is 5.48. The molecule has 1 aromatic heterocycles. The third kappa shape index (κ3) is 3.91. The fraction of sp³-hybridized carbons (Fsp3) is 0.833. The van der Waals surface area contributed by atoms with Crippen molar-refractivity contribution in [1.82, 2.24) is 14.7 Å². The minimum absolute atomic E-state index is 0.525. The Morgan fingerprint density at radius 1 is 1.56 bits per heavy atom. The Labute approximate surface area is 117 Å². The zero-order chi connectivity index (χ0) is 12.8. The molecule has 1 aliphatic heterocycles. The Bertz CT molecular complexity index is 353. The van der Waals surface area contributed by atoms with E-state index in [9.17, 15) is 0 Å². The number of aromatic nitrogens is 2. The molecule has 2 atom stereocenters. The highest BCUT2D eigenvalue weighted by atomic mass is 32.2. The Kier molecular flexibility index (Phi) is 5.88. The summed E-state index contributed by atoms with van der Waals surface area (Å²) < 4.78 is 10.9. The fourth-order valence-electron chi connectivity index (χ4n) is 2.10. The van der Waals surface area contributed by atoms with Gasteiger partial charge in [-0.2, -0.15) is 4.37 Å². The predicted octanol–water partition coefficient (Wildman–Crippen LogP) is 2.21. The van der Waals surface area contributed by atoms with E-state index in [1.54, 1.807) is 0 Å². The fourth-order valence-corrected chi connectivity index (χ4v) is 4.00. The number of nitrogens with one attached hydrogen (secondary N) is 1. The van der Waals surface area contributed by atoms with E-state index in [1.165, 1.54) is 18.0 Å². The second kappa shape index (κ2) is 7.43. The molecule has 0 saturated carbocycles. The molecule has 0 aliphatic carbocycles. The molecule has 0 radical (unpaired) electrons. The molecule has 0 bridgehead atoms. The van der Waals surface area contributed by atoms with Crippen molar-refractivity contribution in [2.24, 2.45) is 5.92 Å². The Morgan fingerprint density at radius 2 is 2.44 bits per heavy atom. The van der Waals surface area contributed by atoms with Crippen molar-refractivity contribution < 1.29 is 4.74 Å². The van der Waals surface area contributed by atoms with Gasteiger partial charge in [0, 0.05) is 30.7 Å². The third-order valence-corrected chi connectivity index (χ3v) is 5.14. The van der Waals surface area contributed by atoms with E-state index < -0.39 is 0 Å². The number of nitrogens with zero attached hydrogens (tertiary/aromatic N) is 2. The number of thioether (sulfide) groups is 1. The van der Waals surface area contributed by atoms with Crippen LogP contribution in [0.3, 0.4) is 0 Å². The molecule has 0 aromatic carbocycles. The minimum atomic E-state index is 0.525. The van der Waals surface area contributed by atoms with Gasteiger partial charge in [-0.1, -0.05) is 25.6 Å². The lowest BCUT2D eigenvalue weighted by Crippen LogP contribution is -2.38. The van der Waals surface area contributed by atoms with Crippen LogP contribution in [0.15, 0.2) is 4.34 Å². The van der Waals surface area contributed by atoms with Crippen LogP contribution in [0.4, 0.5) is 0 Å². The van der Waals surface area contributed by atoms with Gasteiger partial charge >= 0.3 is 0 Å². The molecule has 102 valence electrons. The topological polar surface area (TPSA) is 47.0 Å². The Balaban J connectivity index is 1.84. The highest BCUT2D eigenvalue weighted by molar-refractivity contribution is 8.00. The van der Waals surface area contributed by atoms with E-state index in [2.05, 4.69) is 28.5 Å². The summed E-state index contributed by atoms with van der Waals surface area (Å²) in [4.78, 5) is 4.50. The SMILES string of the molecule is CCNC(CSc1nc(CC)ns1)C1CCOC1. The number of aryl methyl sites for hydroxylation is 1. The summed E-state index contributed by atoms with van der Waals surface area (Å²) in [5, 5.41) is 3.57. The molecule has 6 heteroatoms. The largest absolute Gasteiger partial charge is 0.381 e. The maximum Gasteiger partial charge on any atom is 0.170 e. The normalized spacial score (nSPS) is 21.3. The standard InChI is InChI=1S/C12H21N3OS2/c1-3-11-14-12(18-15-11)17-8-10(13-4-2)9-5-6-16-7-9/h9-10,13H,3-8H2,1-2H3. The van der Waals surface area contributed by atoms with E-state index in [0.717, 1.165) is 42.1 Å². The average molecular weight is 287 g/mol. The highest BCUT2D eigenvalue weighted by Gasteiger charge is 2.25. The summed E-state index contributed by atoms with van der Waals surface area (Å²) >= 11 is 3.34. The number of hydrogen-bond acceptors (Lipinski definition) is 6. The zero-order valence-electron chi connectivity index (χ0n) is 11.0. The summed E-state index contributed by atoms with van der Waals surface area (Å²) in [6.07, 6.45) is 2.10. The molecule has 2 heterocycles. The number of ether oxygens (including phenoxy) is 1. The van der Waals surface area contributed by atoms with Crippen molar-refractivity contribution in [3.05, 3.63) is 5.82 Å². The van der Waals surface area contributed by atoms with Crippen LogP contribution in [0.1, 0.15) is 26.1 Å². The smallest absolute Gasteiger partial charge is 0.170 e. The van der Waals surface area contributed by atoms with Gasteiger partial charge in [0.1, 0.15) is 5.82 Å². The maximum atomic E-state index is 5.48. The van der Waals surface area contributed by atoms with E-state index in [1.807, 2.05) is 11.8 Å². The molecule has 1 fully saturated rings. The van der Waals surface area contributed by atoms with E-state index in [4.69, 9.17) is 4.74 Å². The molecule has 2 rings (SSSR count). The van der Waals surface area contributed by atoms with E-state index >= 15 is 0 Å². The summed E-state index contributed by atoms with van der Waals surface area (Å²) in [6.45, 7) is 7.07. The van der Waals surface area contributed by atoms with Crippen molar-refractivity contribution in [3.63, 3.8) is 0 Å². The highest BCUT2D eigenvalue weighted by Crippen LogP contribution is 2.25. The second-order valence-corrected chi connectivity index (χ2v) is 6.45. The predicted molar refractivity (Wildman–Crippen MR) is 76.4 cm³/mol. The van der Waals surface area contributed by atoms with Gasteiger partial charge in [-0.25, -0.2) is 4.98 Å². The lowest BCUT2D eigenvalue weighted by Gasteiger charge is -2.22. The lowest BCUT2D eigenvalue weighted by atomic mass is 10.0. The van der Waals surface area contributed by atoms with Gasteiger partial charge < -0.3 is 10.1 Å². The van der Waals surface area contributed by atoms with Crippen LogP contribution in [0.5, 0.6) is 0 Å². The van der Waals surface area contributed by atoms with Crippen molar-refractivity contribution in [1.29, 1.82) is 0 Å². The molecule has 4 nitrogen and oxygen atoms in total. The van der Waals surface area contributed by atoms with Crippen LogP contribution in [-0.2, 0) is 11.2 Å². The summed E-state index contributed by atoms with van der Waals surface area (Å²) in [6, 6.07) is 0.525. The first-order valence-corrected chi connectivity index (χ1v) is 8.35. The molecule has 1 aliphatic rings. The van der Waals surface area contributed by atoms with Crippen LogP contribution in [0.25, 0.3) is 0 Å². The first-order chi connectivity index (χ1) is 8.83. The number of rotatable bonds is 7. The second-order valence-electron chi connectivity index (χ2n) is 4.43. The van der Waals surface area contributed by atoms with Crippen molar-refractivity contribution in [3.8, 4) is 0 Å². The van der Waals surface area contributed by atoms with Crippen molar-refractivity contribution in [2.75, 3.05) is 25.5 Å². The molecular weight excluding hydrogens is 266 g/mol. The van der Waals surface area contributed by atoms with Gasteiger partial charge in [0.05, 0.1) is 6.61 Å². The van der Waals surface area contributed by atoms with Gasteiger partial charge in [0.15, 0.2) is 4.34 Å². The summed E-state index contributed by atoms with van der Waals surface area (Å²) in [5.41, 5.74) is 0. The van der Waals surface area contributed by atoms with Crippen LogP contribution >= 0.6 is 23.3 Å². The van der Waals surface area contributed by atoms with Crippen LogP contribution < -0.4 is 5.32 Å². The lowest BCUT2D eigenvalue weighted by molar-refractivity contribution is 0.179. The minimum Gasteiger partial charge on any atom is -0.381 e. The zero-order valence-corrected chi connectivity index (χ0v) is 12.6.